The number of benzene rings is 1. The molecule has 0 aliphatic carbocycles. The minimum Gasteiger partial charge on any atom is -0.465 e. The van der Waals surface area contributed by atoms with Gasteiger partial charge in [-0.15, -0.1) is 0 Å². The maximum Gasteiger partial charge on any atom is 0.340 e. The van der Waals surface area contributed by atoms with Crippen molar-refractivity contribution in [1.82, 2.24) is 0 Å². The molecule has 0 aromatic heterocycles. The van der Waals surface area contributed by atoms with Gasteiger partial charge in [-0.05, 0) is 13.0 Å². The predicted molar refractivity (Wildman–Crippen MR) is 75.1 cm³/mol. The first kappa shape index (κ1) is 17.4. The van der Waals surface area contributed by atoms with Crippen LogP contribution in [0.2, 0.25) is 0 Å². The Hall–Kier alpha value is -1.70. The van der Waals surface area contributed by atoms with E-state index in [4.69, 9.17) is 0 Å². The molecular formula is C13H17F2NO4S. The lowest BCUT2D eigenvalue weighted by Gasteiger charge is -2.16. The van der Waals surface area contributed by atoms with E-state index in [0.717, 1.165) is 13.2 Å². The van der Waals surface area contributed by atoms with Gasteiger partial charge in [-0.3, -0.25) is 0 Å². The molecule has 118 valence electrons. The molecule has 1 rings (SSSR count). The number of halogens is 2. The highest BCUT2D eigenvalue weighted by Crippen LogP contribution is 2.21. The number of sulfone groups is 1. The first-order valence-corrected chi connectivity index (χ1v) is 8.06. The van der Waals surface area contributed by atoms with Gasteiger partial charge >= 0.3 is 5.97 Å². The van der Waals surface area contributed by atoms with Crippen molar-refractivity contribution in [2.75, 3.05) is 23.9 Å². The van der Waals surface area contributed by atoms with Crippen molar-refractivity contribution in [3.05, 3.63) is 29.3 Å². The number of nitrogens with one attached hydrogen (secondary N) is 1. The molecular weight excluding hydrogens is 304 g/mol. The van der Waals surface area contributed by atoms with Gasteiger partial charge < -0.3 is 10.1 Å². The monoisotopic (exact) mass is 321 g/mol. The Balaban J connectivity index is 3.01. The number of ether oxygens (including phenoxy) is 1. The maximum atomic E-state index is 13.7. The van der Waals surface area contributed by atoms with Crippen molar-refractivity contribution < 1.29 is 26.7 Å². The van der Waals surface area contributed by atoms with Gasteiger partial charge in [0.1, 0.15) is 11.6 Å². The summed E-state index contributed by atoms with van der Waals surface area (Å²) in [7, 11) is -2.16. The second-order valence-electron chi connectivity index (χ2n) is 4.55. The van der Waals surface area contributed by atoms with E-state index < -0.39 is 39.0 Å². The summed E-state index contributed by atoms with van der Waals surface area (Å²) in [5, 5.41) is 2.62. The van der Waals surface area contributed by atoms with Crippen LogP contribution >= 0.6 is 0 Å². The second-order valence-corrected chi connectivity index (χ2v) is 6.95. The third-order valence-corrected chi connectivity index (χ3v) is 4.70. The van der Waals surface area contributed by atoms with Crippen LogP contribution in [-0.4, -0.2) is 39.0 Å². The normalized spacial score (nSPS) is 12.8. The van der Waals surface area contributed by atoms with E-state index in [9.17, 15) is 22.0 Å². The van der Waals surface area contributed by atoms with E-state index in [-0.39, 0.29) is 17.2 Å². The largest absolute Gasteiger partial charge is 0.465 e. The van der Waals surface area contributed by atoms with E-state index in [1.54, 1.807) is 6.92 Å². The zero-order chi connectivity index (χ0) is 16.2. The van der Waals surface area contributed by atoms with Crippen LogP contribution in [0.3, 0.4) is 0 Å². The lowest BCUT2D eigenvalue weighted by Crippen LogP contribution is -2.27. The van der Waals surface area contributed by atoms with Crippen LogP contribution in [0, 0.1) is 11.6 Å². The number of carbonyl (C=O) groups is 1. The lowest BCUT2D eigenvalue weighted by molar-refractivity contribution is 0.0595. The number of carbonyl (C=O) groups excluding carboxylic acids is 1. The Kier molecular flexibility index (Phi) is 5.65. The third kappa shape index (κ3) is 4.66. The number of esters is 1. The molecule has 0 radical (unpaired) electrons. The Bertz CT molecular complexity index is 631. The highest BCUT2D eigenvalue weighted by atomic mass is 32.2. The summed E-state index contributed by atoms with van der Waals surface area (Å²) >= 11 is 0. The second kappa shape index (κ2) is 6.84. The summed E-state index contributed by atoms with van der Waals surface area (Å²) in [6.07, 6.45) is 0. The zero-order valence-corrected chi connectivity index (χ0v) is 12.8. The van der Waals surface area contributed by atoms with Crippen molar-refractivity contribution in [2.24, 2.45) is 0 Å². The molecule has 0 amide bonds. The molecule has 0 aliphatic heterocycles. The molecule has 0 aliphatic rings. The quantitative estimate of drug-likeness (QED) is 0.811. The number of rotatable bonds is 6. The lowest BCUT2D eigenvalue weighted by atomic mass is 10.1. The Morgan fingerprint density at radius 2 is 1.95 bits per heavy atom. The predicted octanol–water partition coefficient (Wildman–Crippen LogP) is 1.99. The number of methoxy groups -OCH3 is 1. The molecule has 0 saturated heterocycles. The molecule has 5 nitrogen and oxygen atoms in total. The van der Waals surface area contributed by atoms with Crippen molar-refractivity contribution in [3.63, 3.8) is 0 Å². The van der Waals surface area contributed by atoms with Crippen LogP contribution in [0.15, 0.2) is 12.1 Å². The molecule has 0 saturated carbocycles. The van der Waals surface area contributed by atoms with Crippen molar-refractivity contribution in [3.8, 4) is 0 Å². The zero-order valence-electron chi connectivity index (χ0n) is 11.9. The van der Waals surface area contributed by atoms with Gasteiger partial charge in [0.2, 0.25) is 0 Å². The molecule has 0 fully saturated rings. The van der Waals surface area contributed by atoms with Crippen LogP contribution in [0.4, 0.5) is 14.5 Å². The van der Waals surface area contributed by atoms with Crippen LogP contribution < -0.4 is 5.32 Å². The van der Waals surface area contributed by atoms with Gasteiger partial charge in [0.25, 0.3) is 0 Å². The highest BCUT2D eigenvalue weighted by molar-refractivity contribution is 7.91. The van der Waals surface area contributed by atoms with Gasteiger partial charge in [0.05, 0.1) is 24.1 Å². The summed E-state index contributed by atoms with van der Waals surface area (Å²) < 4.78 is 54.5. The molecule has 1 N–H and O–H groups in total. The molecule has 1 atom stereocenters. The molecule has 0 spiro atoms. The molecule has 8 heteroatoms. The fraction of sp³-hybridized carbons (Fsp3) is 0.462. The van der Waals surface area contributed by atoms with E-state index in [1.165, 1.54) is 6.92 Å². The smallest absolute Gasteiger partial charge is 0.340 e. The molecule has 0 heterocycles. The van der Waals surface area contributed by atoms with Crippen molar-refractivity contribution in [1.29, 1.82) is 0 Å². The maximum absolute atomic E-state index is 13.7. The number of anilines is 1. The molecule has 0 bridgehead atoms. The summed E-state index contributed by atoms with van der Waals surface area (Å²) in [6.45, 7) is 3.06. The SMILES string of the molecule is CCS(=O)(=O)CC(C)Nc1cc(C(=O)OC)c(F)cc1F. The standard InChI is InChI=1S/C13H17F2NO4S/c1-4-21(18,19)7-8(2)16-12-5-9(13(17)20-3)10(14)6-11(12)15/h5-6,8,16H,4,7H2,1-3H3. The average molecular weight is 321 g/mol. The van der Waals surface area contributed by atoms with Crippen molar-refractivity contribution in [2.45, 2.75) is 19.9 Å². The topological polar surface area (TPSA) is 72.5 Å². The van der Waals surface area contributed by atoms with Crippen LogP contribution in [0.5, 0.6) is 0 Å². The number of hydrogen-bond donors (Lipinski definition) is 1. The molecule has 1 aromatic rings. The fourth-order valence-electron chi connectivity index (χ4n) is 1.73. The minimum absolute atomic E-state index is 0.0294. The molecule has 21 heavy (non-hydrogen) atoms. The number of hydrogen-bond acceptors (Lipinski definition) is 5. The van der Waals surface area contributed by atoms with Gasteiger partial charge in [0.15, 0.2) is 9.84 Å². The van der Waals surface area contributed by atoms with Gasteiger partial charge in [0, 0.05) is 17.9 Å². The highest BCUT2D eigenvalue weighted by Gasteiger charge is 2.19. The fourth-order valence-corrected chi connectivity index (χ4v) is 2.81. The van der Waals surface area contributed by atoms with Crippen LogP contribution in [0.1, 0.15) is 24.2 Å². The Labute approximate surface area is 122 Å². The molecule has 1 aromatic carbocycles. The van der Waals surface area contributed by atoms with Crippen LogP contribution in [-0.2, 0) is 14.6 Å². The molecule has 1 unspecified atom stereocenters. The van der Waals surface area contributed by atoms with Gasteiger partial charge in [-0.1, -0.05) is 6.92 Å². The summed E-state index contributed by atoms with van der Waals surface area (Å²) in [5.74, 6) is -3.13. The Morgan fingerprint density at radius 3 is 2.48 bits per heavy atom. The summed E-state index contributed by atoms with van der Waals surface area (Å²) in [6, 6.07) is 0.918. The van der Waals surface area contributed by atoms with Crippen LogP contribution in [0.25, 0.3) is 0 Å². The van der Waals surface area contributed by atoms with E-state index >= 15 is 0 Å². The summed E-state index contributed by atoms with van der Waals surface area (Å²) in [5.41, 5.74) is -0.581. The third-order valence-electron chi connectivity index (χ3n) is 2.81. The Morgan fingerprint density at radius 1 is 1.33 bits per heavy atom. The van der Waals surface area contributed by atoms with Gasteiger partial charge in [-0.25, -0.2) is 22.0 Å². The van der Waals surface area contributed by atoms with E-state index in [0.29, 0.717) is 6.07 Å². The minimum atomic E-state index is -3.24. The summed E-state index contributed by atoms with van der Waals surface area (Å²) in [4.78, 5) is 11.4. The van der Waals surface area contributed by atoms with E-state index in [1.807, 2.05) is 0 Å². The first-order valence-electron chi connectivity index (χ1n) is 6.24. The van der Waals surface area contributed by atoms with Crippen molar-refractivity contribution >= 4 is 21.5 Å². The van der Waals surface area contributed by atoms with E-state index in [2.05, 4.69) is 10.1 Å². The van der Waals surface area contributed by atoms with Gasteiger partial charge in [-0.2, -0.15) is 0 Å². The average Bonchev–Trinajstić information content (AvgIpc) is 2.40. The first-order chi connectivity index (χ1) is 9.70.